The summed E-state index contributed by atoms with van der Waals surface area (Å²) in [4.78, 5) is 12.0. The molecule has 0 atom stereocenters. The molecule has 1 aliphatic carbocycles. The van der Waals surface area contributed by atoms with Gasteiger partial charge in [-0.1, -0.05) is 28.8 Å². The number of hydrogen-bond donors (Lipinski definition) is 3. The molecule has 0 heterocycles. The van der Waals surface area contributed by atoms with Gasteiger partial charge in [-0.3, -0.25) is 4.79 Å². The van der Waals surface area contributed by atoms with Gasteiger partial charge in [0.2, 0.25) is 5.91 Å². The van der Waals surface area contributed by atoms with Crippen LogP contribution in [0.4, 0.5) is 5.69 Å². The van der Waals surface area contributed by atoms with Crippen molar-refractivity contribution in [1.29, 1.82) is 0 Å². The summed E-state index contributed by atoms with van der Waals surface area (Å²) in [7, 11) is 0. The molecule has 2 rings (SSSR count). The summed E-state index contributed by atoms with van der Waals surface area (Å²) in [6, 6.07) is 5.76. The molecule has 0 aromatic heterocycles. The van der Waals surface area contributed by atoms with Crippen LogP contribution in [0, 0.1) is 6.92 Å². The largest absolute Gasteiger partial charge is 0.394 e. The summed E-state index contributed by atoms with van der Waals surface area (Å²) >= 11 is 3.40. The second kappa shape index (κ2) is 6.70. The molecule has 0 bridgehead atoms. The van der Waals surface area contributed by atoms with Gasteiger partial charge < -0.3 is 15.7 Å². The van der Waals surface area contributed by atoms with E-state index in [1.165, 1.54) is 0 Å². The maximum atomic E-state index is 12.0. The van der Waals surface area contributed by atoms with E-state index in [0.717, 1.165) is 41.4 Å². The Balaban J connectivity index is 1.89. The minimum atomic E-state index is -0.258. The SMILES string of the molecule is Cc1cc(Br)ccc1NC(=O)CNC1(CO)CCCC1. The highest BCUT2D eigenvalue weighted by atomic mass is 79.9. The highest BCUT2D eigenvalue weighted by molar-refractivity contribution is 9.10. The third-order valence-electron chi connectivity index (χ3n) is 3.95. The van der Waals surface area contributed by atoms with E-state index in [9.17, 15) is 9.90 Å². The number of amides is 1. The maximum Gasteiger partial charge on any atom is 0.238 e. The molecule has 0 radical (unpaired) electrons. The fourth-order valence-corrected chi connectivity index (χ4v) is 3.15. The van der Waals surface area contributed by atoms with Crippen molar-refractivity contribution in [1.82, 2.24) is 5.32 Å². The summed E-state index contributed by atoms with van der Waals surface area (Å²) in [6.07, 6.45) is 4.10. The fourth-order valence-electron chi connectivity index (χ4n) is 2.67. The van der Waals surface area contributed by atoms with E-state index >= 15 is 0 Å². The number of carbonyl (C=O) groups is 1. The third kappa shape index (κ3) is 3.81. The van der Waals surface area contributed by atoms with E-state index in [-0.39, 0.29) is 24.6 Å². The van der Waals surface area contributed by atoms with E-state index in [2.05, 4.69) is 26.6 Å². The third-order valence-corrected chi connectivity index (χ3v) is 4.44. The second-order valence-corrected chi connectivity index (χ2v) is 6.42. The molecule has 0 saturated heterocycles. The number of rotatable bonds is 5. The standard InChI is InChI=1S/C15H21BrN2O2/c1-11-8-12(16)4-5-13(11)18-14(20)9-17-15(10-19)6-2-3-7-15/h4-5,8,17,19H,2-3,6-7,9-10H2,1H3,(H,18,20). The predicted molar refractivity (Wildman–Crippen MR) is 83.8 cm³/mol. The Bertz CT molecular complexity index is 485. The van der Waals surface area contributed by atoms with E-state index in [4.69, 9.17) is 0 Å². The normalized spacial score (nSPS) is 17.1. The smallest absolute Gasteiger partial charge is 0.238 e. The first kappa shape index (κ1) is 15.5. The minimum Gasteiger partial charge on any atom is -0.394 e. The van der Waals surface area contributed by atoms with Gasteiger partial charge in [-0.25, -0.2) is 0 Å². The zero-order valence-electron chi connectivity index (χ0n) is 11.7. The number of nitrogens with one attached hydrogen (secondary N) is 2. The van der Waals surface area contributed by atoms with Crippen molar-refractivity contribution in [3.05, 3.63) is 28.2 Å². The lowest BCUT2D eigenvalue weighted by Crippen LogP contribution is -2.49. The molecular formula is C15H21BrN2O2. The molecule has 1 aromatic rings. The van der Waals surface area contributed by atoms with Gasteiger partial charge in [0.15, 0.2) is 0 Å². The average Bonchev–Trinajstić information content (AvgIpc) is 2.89. The van der Waals surface area contributed by atoms with Gasteiger partial charge >= 0.3 is 0 Å². The van der Waals surface area contributed by atoms with Crippen LogP contribution in [0.1, 0.15) is 31.2 Å². The van der Waals surface area contributed by atoms with Crippen LogP contribution in [0.3, 0.4) is 0 Å². The van der Waals surface area contributed by atoms with Crippen LogP contribution in [0.2, 0.25) is 0 Å². The quantitative estimate of drug-likeness (QED) is 0.772. The Hall–Kier alpha value is -0.910. The van der Waals surface area contributed by atoms with Crippen molar-refractivity contribution < 1.29 is 9.90 Å². The van der Waals surface area contributed by atoms with Crippen LogP contribution in [0.25, 0.3) is 0 Å². The van der Waals surface area contributed by atoms with Crippen molar-refractivity contribution in [3.8, 4) is 0 Å². The average molecular weight is 341 g/mol. The summed E-state index contributed by atoms with van der Waals surface area (Å²) in [5.74, 6) is -0.0739. The molecule has 4 nitrogen and oxygen atoms in total. The maximum absolute atomic E-state index is 12.0. The first-order valence-corrected chi connectivity index (χ1v) is 7.76. The van der Waals surface area contributed by atoms with E-state index in [1.54, 1.807) is 0 Å². The minimum absolute atomic E-state index is 0.0739. The molecule has 110 valence electrons. The van der Waals surface area contributed by atoms with E-state index < -0.39 is 0 Å². The van der Waals surface area contributed by atoms with Crippen LogP contribution in [0.15, 0.2) is 22.7 Å². The molecule has 3 N–H and O–H groups in total. The van der Waals surface area contributed by atoms with Gasteiger partial charge in [0, 0.05) is 15.7 Å². The molecular weight excluding hydrogens is 320 g/mol. The van der Waals surface area contributed by atoms with Gasteiger partial charge in [-0.15, -0.1) is 0 Å². The topological polar surface area (TPSA) is 61.4 Å². The number of hydrogen-bond acceptors (Lipinski definition) is 3. The molecule has 1 amide bonds. The highest BCUT2D eigenvalue weighted by Crippen LogP contribution is 2.28. The summed E-state index contributed by atoms with van der Waals surface area (Å²) in [6.45, 7) is 2.29. The molecule has 5 heteroatoms. The monoisotopic (exact) mass is 340 g/mol. The zero-order valence-corrected chi connectivity index (χ0v) is 13.3. The zero-order chi connectivity index (χ0) is 14.6. The van der Waals surface area contributed by atoms with Crippen LogP contribution < -0.4 is 10.6 Å². The number of carbonyl (C=O) groups excluding carboxylic acids is 1. The lowest BCUT2D eigenvalue weighted by Gasteiger charge is -2.27. The number of anilines is 1. The lowest BCUT2D eigenvalue weighted by atomic mass is 9.99. The molecule has 1 aliphatic rings. The van der Waals surface area contributed by atoms with Crippen molar-refractivity contribution in [3.63, 3.8) is 0 Å². The van der Waals surface area contributed by atoms with Crippen LogP contribution in [-0.2, 0) is 4.79 Å². The number of benzene rings is 1. The molecule has 1 aromatic carbocycles. The predicted octanol–water partition coefficient (Wildman–Crippen LogP) is 2.59. The first-order valence-electron chi connectivity index (χ1n) is 6.97. The Morgan fingerprint density at radius 1 is 1.40 bits per heavy atom. The summed E-state index contributed by atoms with van der Waals surface area (Å²) in [5.41, 5.74) is 1.58. The summed E-state index contributed by atoms with van der Waals surface area (Å²) in [5, 5.41) is 15.6. The van der Waals surface area contributed by atoms with Crippen LogP contribution >= 0.6 is 15.9 Å². The molecule has 1 saturated carbocycles. The highest BCUT2D eigenvalue weighted by Gasteiger charge is 2.32. The van der Waals surface area contributed by atoms with Crippen molar-refractivity contribution in [2.45, 2.75) is 38.1 Å². The number of aliphatic hydroxyl groups is 1. The Labute approximate surface area is 128 Å². The Morgan fingerprint density at radius 2 is 2.10 bits per heavy atom. The first-order chi connectivity index (χ1) is 9.54. The number of aryl methyl sites for hydroxylation is 1. The number of aliphatic hydroxyl groups excluding tert-OH is 1. The van der Waals surface area contributed by atoms with E-state index in [1.807, 2.05) is 25.1 Å². The van der Waals surface area contributed by atoms with Gasteiger partial charge in [0.25, 0.3) is 0 Å². The van der Waals surface area contributed by atoms with Gasteiger partial charge in [-0.05, 0) is 43.5 Å². The van der Waals surface area contributed by atoms with Gasteiger partial charge in [0.1, 0.15) is 0 Å². The van der Waals surface area contributed by atoms with E-state index in [0.29, 0.717) is 0 Å². The molecule has 20 heavy (non-hydrogen) atoms. The molecule has 1 fully saturated rings. The van der Waals surface area contributed by atoms with Gasteiger partial charge in [-0.2, -0.15) is 0 Å². The Kier molecular flexibility index (Phi) is 5.18. The Morgan fingerprint density at radius 3 is 2.70 bits per heavy atom. The van der Waals surface area contributed by atoms with Gasteiger partial charge in [0.05, 0.1) is 13.2 Å². The van der Waals surface area contributed by atoms with Crippen LogP contribution in [0.5, 0.6) is 0 Å². The molecule has 0 spiro atoms. The number of halogens is 1. The molecule has 0 unspecified atom stereocenters. The van der Waals surface area contributed by atoms with Crippen molar-refractivity contribution in [2.24, 2.45) is 0 Å². The van der Waals surface area contributed by atoms with Crippen LogP contribution in [-0.4, -0.2) is 29.7 Å². The molecule has 0 aliphatic heterocycles. The second-order valence-electron chi connectivity index (χ2n) is 5.51. The summed E-state index contributed by atoms with van der Waals surface area (Å²) < 4.78 is 0.997. The lowest BCUT2D eigenvalue weighted by molar-refractivity contribution is -0.115. The van der Waals surface area contributed by atoms with Crippen molar-refractivity contribution in [2.75, 3.05) is 18.5 Å². The van der Waals surface area contributed by atoms with Crippen molar-refractivity contribution >= 4 is 27.5 Å². The fraction of sp³-hybridized carbons (Fsp3) is 0.533.